The standard InChI is InChI=1S/C13H14N2O2/c16-15(17)13-7-5-12(6-8-13)10-14-9-11-3-1-2-4-11/h1-3,5-8,14H,4,9-10H2. The van der Waals surface area contributed by atoms with Crippen molar-refractivity contribution in [2.24, 2.45) is 0 Å². The van der Waals surface area contributed by atoms with Crippen molar-refractivity contribution in [3.05, 3.63) is 63.7 Å². The molecule has 0 radical (unpaired) electrons. The predicted molar refractivity (Wildman–Crippen MR) is 66.6 cm³/mol. The van der Waals surface area contributed by atoms with Crippen molar-refractivity contribution in [2.45, 2.75) is 13.0 Å². The minimum atomic E-state index is -0.383. The minimum Gasteiger partial charge on any atom is -0.309 e. The van der Waals surface area contributed by atoms with Crippen LogP contribution in [0.25, 0.3) is 0 Å². The topological polar surface area (TPSA) is 55.2 Å². The Labute approximate surface area is 99.8 Å². The molecule has 4 nitrogen and oxygen atoms in total. The van der Waals surface area contributed by atoms with Gasteiger partial charge in [0, 0.05) is 25.2 Å². The van der Waals surface area contributed by atoms with Crippen LogP contribution in [0.1, 0.15) is 12.0 Å². The average Bonchev–Trinajstić information content (AvgIpc) is 2.83. The van der Waals surface area contributed by atoms with Gasteiger partial charge in [-0.2, -0.15) is 0 Å². The molecule has 0 bridgehead atoms. The van der Waals surface area contributed by atoms with Crippen LogP contribution in [0.15, 0.2) is 48.1 Å². The van der Waals surface area contributed by atoms with Gasteiger partial charge in [0.2, 0.25) is 0 Å². The molecule has 88 valence electrons. The third-order valence-electron chi connectivity index (χ3n) is 2.68. The summed E-state index contributed by atoms with van der Waals surface area (Å²) in [7, 11) is 0. The molecule has 17 heavy (non-hydrogen) atoms. The Balaban J connectivity index is 1.81. The lowest BCUT2D eigenvalue weighted by molar-refractivity contribution is -0.384. The summed E-state index contributed by atoms with van der Waals surface area (Å²) < 4.78 is 0. The van der Waals surface area contributed by atoms with Crippen molar-refractivity contribution in [1.29, 1.82) is 0 Å². The highest BCUT2D eigenvalue weighted by Crippen LogP contribution is 2.12. The molecule has 1 aliphatic carbocycles. The van der Waals surface area contributed by atoms with Crippen LogP contribution in [-0.4, -0.2) is 11.5 Å². The largest absolute Gasteiger partial charge is 0.309 e. The molecule has 0 unspecified atom stereocenters. The molecular weight excluding hydrogens is 216 g/mol. The van der Waals surface area contributed by atoms with Crippen LogP contribution >= 0.6 is 0 Å². The molecular formula is C13H14N2O2. The first-order chi connectivity index (χ1) is 8.25. The molecule has 0 fully saturated rings. The Morgan fingerprint density at radius 2 is 2.00 bits per heavy atom. The SMILES string of the molecule is O=[N+]([O-])c1ccc(CNCC2=CC=CC2)cc1. The van der Waals surface area contributed by atoms with E-state index in [4.69, 9.17) is 0 Å². The third kappa shape index (κ3) is 3.26. The van der Waals surface area contributed by atoms with E-state index in [0.717, 1.165) is 25.1 Å². The van der Waals surface area contributed by atoms with Gasteiger partial charge in [0.05, 0.1) is 4.92 Å². The Hall–Kier alpha value is -1.94. The molecule has 1 aromatic carbocycles. The molecule has 0 amide bonds. The minimum absolute atomic E-state index is 0.136. The summed E-state index contributed by atoms with van der Waals surface area (Å²) >= 11 is 0. The summed E-state index contributed by atoms with van der Waals surface area (Å²) in [4.78, 5) is 10.1. The van der Waals surface area contributed by atoms with Crippen molar-refractivity contribution in [3.8, 4) is 0 Å². The van der Waals surface area contributed by atoms with Crippen molar-refractivity contribution < 1.29 is 4.92 Å². The fourth-order valence-electron chi connectivity index (χ4n) is 1.73. The fraction of sp³-hybridized carbons (Fsp3) is 0.231. The van der Waals surface area contributed by atoms with Gasteiger partial charge in [0.25, 0.3) is 5.69 Å². The number of nitrogens with one attached hydrogen (secondary N) is 1. The summed E-state index contributed by atoms with van der Waals surface area (Å²) in [5.74, 6) is 0. The van der Waals surface area contributed by atoms with Gasteiger partial charge in [-0.25, -0.2) is 0 Å². The van der Waals surface area contributed by atoms with Gasteiger partial charge >= 0.3 is 0 Å². The van der Waals surface area contributed by atoms with Crippen LogP contribution in [0, 0.1) is 10.1 Å². The second-order valence-corrected chi connectivity index (χ2v) is 3.98. The monoisotopic (exact) mass is 230 g/mol. The lowest BCUT2D eigenvalue weighted by Gasteiger charge is -2.05. The number of nitrogens with zero attached hydrogens (tertiary/aromatic N) is 1. The van der Waals surface area contributed by atoms with Gasteiger partial charge in [-0.3, -0.25) is 10.1 Å². The second kappa shape index (κ2) is 5.41. The number of benzene rings is 1. The molecule has 4 heteroatoms. The predicted octanol–water partition coefficient (Wildman–Crippen LogP) is 2.57. The lowest BCUT2D eigenvalue weighted by atomic mass is 10.2. The summed E-state index contributed by atoms with van der Waals surface area (Å²) in [6.45, 7) is 1.60. The maximum atomic E-state index is 10.5. The Kier molecular flexibility index (Phi) is 3.67. The van der Waals surface area contributed by atoms with Gasteiger partial charge in [0.1, 0.15) is 0 Å². The number of allylic oxidation sites excluding steroid dienone is 3. The van der Waals surface area contributed by atoms with E-state index in [9.17, 15) is 10.1 Å². The molecule has 0 spiro atoms. The second-order valence-electron chi connectivity index (χ2n) is 3.98. The van der Waals surface area contributed by atoms with E-state index >= 15 is 0 Å². The van der Waals surface area contributed by atoms with E-state index in [1.807, 2.05) is 0 Å². The molecule has 0 aromatic heterocycles. The number of hydrogen-bond donors (Lipinski definition) is 1. The van der Waals surface area contributed by atoms with Gasteiger partial charge in [0.15, 0.2) is 0 Å². The van der Waals surface area contributed by atoms with E-state index in [0.29, 0.717) is 0 Å². The Morgan fingerprint density at radius 1 is 1.24 bits per heavy atom. The van der Waals surface area contributed by atoms with E-state index in [-0.39, 0.29) is 10.6 Å². The van der Waals surface area contributed by atoms with Crippen LogP contribution in [0.4, 0.5) is 5.69 Å². The number of hydrogen-bond acceptors (Lipinski definition) is 3. The molecule has 0 heterocycles. The van der Waals surface area contributed by atoms with Crippen molar-refractivity contribution in [1.82, 2.24) is 5.32 Å². The zero-order valence-corrected chi connectivity index (χ0v) is 9.43. The van der Waals surface area contributed by atoms with Gasteiger partial charge < -0.3 is 5.32 Å². The van der Waals surface area contributed by atoms with Crippen molar-refractivity contribution in [3.63, 3.8) is 0 Å². The number of nitro benzene ring substituents is 1. The van der Waals surface area contributed by atoms with Crippen LogP contribution < -0.4 is 5.32 Å². The van der Waals surface area contributed by atoms with E-state index in [2.05, 4.69) is 23.5 Å². The van der Waals surface area contributed by atoms with Crippen molar-refractivity contribution in [2.75, 3.05) is 6.54 Å². The molecule has 1 aromatic rings. The molecule has 0 atom stereocenters. The quantitative estimate of drug-likeness (QED) is 0.624. The van der Waals surface area contributed by atoms with Gasteiger partial charge in [-0.1, -0.05) is 35.9 Å². The average molecular weight is 230 g/mol. The summed E-state index contributed by atoms with van der Waals surface area (Å²) in [5.41, 5.74) is 2.56. The third-order valence-corrected chi connectivity index (χ3v) is 2.68. The highest BCUT2D eigenvalue weighted by molar-refractivity contribution is 5.33. The first kappa shape index (κ1) is 11.5. The zero-order chi connectivity index (χ0) is 12.1. The maximum absolute atomic E-state index is 10.5. The van der Waals surface area contributed by atoms with E-state index in [1.165, 1.54) is 17.7 Å². The molecule has 0 aliphatic heterocycles. The highest BCUT2D eigenvalue weighted by atomic mass is 16.6. The van der Waals surface area contributed by atoms with Crippen LogP contribution in [0.2, 0.25) is 0 Å². The summed E-state index contributed by atoms with van der Waals surface area (Å²) in [6.07, 6.45) is 7.32. The lowest BCUT2D eigenvalue weighted by Crippen LogP contribution is -2.15. The first-order valence-electron chi connectivity index (χ1n) is 5.54. The molecule has 0 saturated heterocycles. The first-order valence-corrected chi connectivity index (χ1v) is 5.54. The summed E-state index contributed by atoms with van der Waals surface area (Å²) in [5, 5.41) is 13.8. The van der Waals surface area contributed by atoms with Gasteiger partial charge in [-0.05, 0) is 12.0 Å². The molecule has 2 rings (SSSR count). The van der Waals surface area contributed by atoms with Crippen molar-refractivity contribution >= 4 is 5.69 Å². The number of non-ortho nitro benzene ring substituents is 1. The zero-order valence-electron chi connectivity index (χ0n) is 9.43. The Morgan fingerprint density at radius 3 is 2.59 bits per heavy atom. The normalized spacial score (nSPS) is 13.8. The fourth-order valence-corrected chi connectivity index (χ4v) is 1.73. The molecule has 1 N–H and O–H groups in total. The smallest absolute Gasteiger partial charge is 0.269 e. The summed E-state index contributed by atoms with van der Waals surface area (Å²) in [6, 6.07) is 6.64. The van der Waals surface area contributed by atoms with Crippen LogP contribution in [0.3, 0.4) is 0 Å². The Bertz CT molecular complexity index is 461. The number of nitro groups is 1. The maximum Gasteiger partial charge on any atom is 0.269 e. The van der Waals surface area contributed by atoms with Gasteiger partial charge in [-0.15, -0.1) is 0 Å². The van der Waals surface area contributed by atoms with Crippen LogP contribution in [0.5, 0.6) is 0 Å². The molecule has 1 aliphatic rings. The number of rotatable bonds is 5. The van der Waals surface area contributed by atoms with Crippen LogP contribution in [-0.2, 0) is 6.54 Å². The van der Waals surface area contributed by atoms with E-state index < -0.39 is 0 Å². The van der Waals surface area contributed by atoms with E-state index in [1.54, 1.807) is 12.1 Å². The molecule has 0 saturated carbocycles. The highest BCUT2D eigenvalue weighted by Gasteiger charge is 2.04.